The maximum absolute atomic E-state index is 6.85. The van der Waals surface area contributed by atoms with E-state index in [0.717, 1.165) is 35.5 Å². The van der Waals surface area contributed by atoms with Crippen LogP contribution >= 0.6 is 0 Å². The summed E-state index contributed by atoms with van der Waals surface area (Å²) in [6.07, 6.45) is 24.9. The molecule has 2 heteroatoms. The molecular formula is C56H70O2. The predicted molar refractivity (Wildman–Crippen MR) is 252 cm³/mol. The Hall–Kier alpha value is -4.82. The van der Waals surface area contributed by atoms with Gasteiger partial charge in [0.2, 0.25) is 0 Å². The monoisotopic (exact) mass is 775 g/mol. The normalized spacial score (nSPS) is 11.9. The van der Waals surface area contributed by atoms with E-state index in [1.165, 1.54) is 134 Å². The van der Waals surface area contributed by atoms with Crippen LogP contribution in [0.5, 0.6) is 11.5 Å². The first-order valence-corrected chi connectivity index (χ1v) is 22.7. The molecule has 0 aliphatic heterocycles. The summed E-state index contributed by atoms with van der Waals surface area (Å²) in [6.45, 7) is 10.2. The zero-order chi connectivity index (χ0) is 40.6. The molecule has 5 rings (SSSR count). The molecule has 0 aromatic heterocycles. The highest BCUT2D eigenvalue weighted by Gasteiger charge is 2.16. The van der Waals surface area contributed by atoms with Crippen LogP contribution in [0.4, 0.5) is 0 Å². The SMILES string of the molecule is CCCCCCCCCCOc1cc(C=C(c2ccccc2)c2ccc(C)cc2)c(OCCCCCCCCCC)cc1C=C(c1ccccc1)c1ccc(C)cc1. The summed E-state index contributed by atoms with van der Waals surface area (Å²) < 4.78 is 13.7. The average molecular weight is 775 g/mol. The molecule has 0 aliphatic rings. The summed E-state index contributed by atoms with van der Waals surface area (Å²) in [5.41, 5.74) is 11.6. The number of unbranched alkanes of at least 4 members (excludes halogenated alkanes) is 14. The van der Waals surface area contributed by atoms with Gasteiger partial charge in [-0.05, 0) is 84.4 Å². The molecule has 0 N–H and O–H groups in total. The minimum atomic E-state index is 0.687. The molecule has 306 valence electrons. The molecular weight excluding hydrogens is 705 g/mol. The molecule has 0 amide bonds. The van der Waals surface area contributed by atoms with Crippen molar-refractivity contribution in [2.24, 2.45) is 0 Å². The van der Waals surface area contributed by atoms with Crippen LogP contribution in [-0.2, 0) is 0 Å². The summed E-state index contributed by atoms with van der Waals surface area (Å²) in [7, 11) is 0. The Labute approximate surface area is 352 Å². The minimum absolute atomic E-state index is 0.687. The highest BCUT2D eigenvalue weighted by Crippen LogP contribution is 2.38. The zero-order valence-electron chi connectivity index (χ0n) is 36.2. The third-order valence-electron chi connectivity index (χ3n) is 11.1. The van der Waals surface area contributed by atoms with Gasteiger partial charge in [0.15, 0.2) is 0 Å². The highest BCUT2D eigenvalue weighted by atomic mass is 16.5. The number of ether oxygens (including phenoxy) is 2. The van der Waals surface area contributed by atoms with Crippen LogP contribution in [0.3, 0.4) is 0 Å². The van der Waals surface area contributed by atoms with Crippen LogP contribution in [0.15, 0.2) is 121 Å². The number of benzene rings is 5. The quantitative estimate of drug-likeness (QED) is 0.0411. The van der Waals surface area contributed by atoms with Crippen molar-refractivity contribution >= 4 is 23.3 Å². The van der Waals surface area contributed by atoms with Crippen molar-refractivity contribution in [2.75, 3.05) is 13.2 Å². The van der Waals surface area contributed by atoms with E-state index in [-0.39, 0.29) is 0 Å². The molecule has 5 aromatic carbocycles. The van der Waals surface area contributed by atoms with Crippen molar-refractivity contribution in [1.29, 1.82) is 0 Å². The lowest BCUT2D eigenvalue weighted by molar-refractivity contribution is 0.295. The summed E-state index contributed by atoms with van der Waals surface area (Å²) in [4.78, 5) is 0. The van der Waals surface area contributed by atoms with Gasteiger partial charge >= 0.3 is 0 Å². The van der Waals surface area contributed by atoms with Gasteiger partial charge in [-0.3, -0.25) is 0 Å². The lowest BCUT2D eigenvalue weighted by Crippen LogP contribution is -2.03. The topological polar surface area (TPSA) is 18.5 Å². The first-order chi connectivity index (χ1) is 28.6. The molecule has 0 aliphatic carbocycles. The van der Waals surface area contributed by atoms with Crippen molar-refractivity contribution in [3.05, 3.63) is 166 Å². The van der Waals surface area contributed by atoms with E-state index in [2.05, 4.69) is 161 Å². The number of hydrogen-bond acceptors (Lipinski definition) is 2. The van der Waals surface area contributed by atoms with Crippen molar-refractivity contribution in [1.82, 2.24) is 0 Å². The van der Waals surface area contributed by atoms with Crippen molar-refractivity contribution in [2.45, 2.75) is 130 Å². The van der Waals surface area contributed by atoms with Crippen LogP contribution in [0.1, 0.15) is 161 Å². The van der Waals surface area contributed by atoms with Crippen LogP contribution in [0, 0.1) is 13.8 Å². The molecule has 0 fully saturated rings. The van der Waals surface area contributed by atoms with Crippen LogP contribution in [0.25, 0.3) is 23.3 Å². The second kappa shape index (κ2) is 25.5. The smallest absolute Gasteiger partial charge is 0.127 e. The Kier molecular flexibility index (Phi) is 19.5. The molecule has 0 saturated carbocycles. The van der Waals surface area contributed by atoms with Gasteiger partial charge in [-0.15, -0.1) is 0 Å². The van der Waals surface area contributed by atoms with E-state index in [0.29, 0.717) is 13.2 Å². The van der Waals surface area contributed by atoms with Crippen LogP contribution in [-0.4, -0.2) is 13.2 Å². The van der Waals surface area contributed by atoms with Crippen molar-refractivity contribution < 1.29 is 9.47 Å². The Morgan fingerprint density at radius 1 is 0.379 bits per heavy atom. The maximum atomic E-state index is 6.85. The maximum Gasteiger partial charge on any atom is 0.127 e. The van der Waals surface area contributed by atoms with E-state index in [1.807, 2.05) is 0 Å². The van der Waals surface area contributed by atoms with Gasteiger partial charge in [0.05, 0.1) is 13.2 Å². The minimum Gasteiger partial charge on any atom is -0.493 e. The first kappa shape index (κ1) is 44.3. The van der Waals surface area contributed by atoms with Crippen LogP contribution < -0.4 is 9.47 Å². The van der Waals surface area contributed by atoms with Gasteiger partial charge < -0.3 is 9.47 Å². The third kappa shape index (κ3) is 14.8. The Bertz CT molecular complexity index is 1790. The second-order valence-electron chi connectivity index (χ2n) is 16.2. The largest absolute Gasteiger partial charge is 0.493 e. The third-order valence-corrected chi connectivity index (χ3v) is 11.1. The van der Waals surface area contributed by atoms with Gasteiger partial charge in [-0.25, -0.2) is 0 Å². The van der Waals surface area contributed by atoms with Gasteiger partial charge in [-0.2, -0.15) is 0 Å². The predicted octanol–water partition coefficient (Wildman–Crippen LogP) is 16.5. The average Bonchev–Trinajstić information content (AvgIpc) is 3.25. The van der Waals surface area contributed by atoms with E-state index in [1.54, 1.807) is 0 Å². The fraction of sp³-hybridized carbons (Fsp3) is 0.393. The number of aryl methyl sites for hydroxylation is 2. The fourth-order valence-corrected chi connectivity index (χ4v) is 7.58. The summed E-state index contributed by atoms with van der Waals surface area (Å²) >= 11 is 0. The van der Waals surface area contributed by atoms with Gasteiger partial charge in [0, 0.05) is 11.1 Å². The molecule has 5 aromatic rings. The lowest BCUT2D eigenvalue weighted by atomic mass is 9.93. The zero-order valence-corrected chi connectivity index (χ0v) is 36.2. The van der Waals surface area contributed by atoms with E-state index < -0.39 is 0 Å². The fourth-order valence-electron chi connectivity index (χ4n) is 7.58. The molecule has 0 spiro atoms. The second-order valence-corrected chi connectivity index (χ2v) is 16.2. The standard InChI is InChI=1S/C56H70O2/c1-5-7-9-11-13-15-17-25-39-57-55-43-52(42-54(48-29-23-20-24-30-48)50-37-33-46(4)34-38-50)56(58-40-26-18-16-14-12-10-8-6-2)44-51(55)41-53(47-27-21-19-22-28-47)49-35-31-45(3)32-36-49/h19-24,27-38,41-44H,5-18,25-26,39-40H2,1-4H3. The summed E-state index contributed by atoms with van der Waals surface area (Å²) in [6, 6.07) is 43.7. The lowest BCUT2D eigenvalue weighted by Gasteiger charge is -2.18. The molecule has 0 saturated heterocycles. The Morgan fingerprint density at radius 3 is 1.03 bits per heavy atom. The molecule has 58 heavy (non-hydrogen) atoms. The molecule has 0 radical (unpaired) electrons. The van der Waals surface area contributed by atoms with E-state index >= 15 is 0 Å². The van der Waals surface area contributed by atoms with E-state index in [4.69, 9.17) is 9.47 Å². The first-order valence-electron chi connectivity index (χ1n) is 22.7. The van der Waals surface area contributed by atoms with Gasteiger partial charge in [-0.1, -0.05) is 224 Å². The van der Waals surface area contributed by atoms with Crippen molar-refractivity contribution in [3.8, 4) is 11.5 Å². The summed E-state index contributed by atoms with van der Waals surface area (Å²) in [5.74, 6) is 1.79. The Balaban J connectivity index is 1.56. The number of rotatable bonds is 26. The number of hydrogen-bond donors (Lipinski definition) is 0. The molecule has 0 unspecified atom stereocenters. The van der Waals surface area contributed by atoms with Crippen LogP contribution in [0.2, 0.25) is 0 Å². The molecule has 0 atom stereocenters. The molecule has 2 nitrogen and oxygen atoms in total. The van der Waals surface area contributed by atoms with Gasteiger partial charge in [0.1, 0.15) is 11.5 Å². The van der Waals surface area contributed by atoms with Crippen molar-refractivity contribution in [3.63, 3.8) is 0 Å². The molecule has 0 heterocycles. The molecule has 0 bridgehead atoms. The summed E-state index contributed by atoms with van der Waals surface area (Å²) in [5, 5.41) is 0. The Morgan fingerprint density at radius 2 is 0.690 bits per heavy atom. The van der Waals surface area contributed by atoms with E-state index in [9.17, 15) is 0 Å². The highest BCUT2D eigenvalue weighted by molar-refractivity contribution is 5.95. The van der Waals surface area contributed by atoms with Gasteiger partial charge in [0.25, 0.3) is 0 Å².